The van der Waals surface area contributed by atoms with Crippen LogP contribution >= 0.6 is 0 Å². The minimum atomic E-state index is -3.18. The van der Waals surface area contributed by atoms with Crippen LogP contribution in [0, 0.1) is 5.92 Å². The number of rotatable bonds is 6. The zero-order valence-electron chi connectivity index (χ0n) is 12.5. The van der Waals surface area contributed by atoms with Crippen molar-refractivity contribution >= 4 is 21.4 Å². The van der Waals surface area contributed by atoms with Gasteiger partial charge in [-0.1, -0.05) is 32.6 Å². The highest BCUT2D eigenvalue weighted by molar-refractivity contribution is 7.91. The van der Waals surface area contributed by atoms with Crippen molar-refractivity contribution in [2.75, 3.05) is 11.1 Å². The first-order chi connectivity index (χ1) is 10.0. The SMILES string of the molecule is CCS(=O)(=O)c1ccc(NC(=O)CCC2CCCC2)cc1. The van der Waals surface area contributed by atoms with Gasteiger partial charge in [0.25, 0.3) is 0 Å². The van der Waals surface area contributed by atoms with Gasteiger partial charge < -0.3 is 5.32 Å². The van der Waals surface area contributed by atoms with E-state index in [-0.39, 0.29) is 11.7 Å². The second-order valence-electron chi connectivity index (χ2n) is 5.67. The van der Waals surface area contributed by atoms with E-state index in [1.54, 1.807) is 31.2 Å². The highest BCUT2D eigenvalue weighted by atomic mass is 32.2. The van der Waals surface area contributed by atoms with Crippen LogP contribution < -0.4 is 5.32 Å². The van der Waals surface area contributed by atoms with Gasteiger partial charge in [-0.15, -0.1) is 0 Å². The maximum absolute atomic E-state index is 11.9. The molecule has 0 aromatic heterocycles. The fourth-order valence-corrected chi connectivity index (χ4v) is 3.65. The number of hydrogen-bond acceptors (Lipinski definition) is 3. The van der Waals surface area contributed by atoms with E-state index >= 15 is 0 Å². The van der Waals surface area contributed by atoms with Gasteiger partial charge in [-0.2, -0.15) is 0 Å². The van der Waals surface area contributed by atoms with Crippen LogP contribution in [-0.2, 0) is 14.6 Å². The molecule has 2 rings (SSSR count). The molecule has 1 saturated carbocycles. The van der Waals surface area contributed by atoms with Gasteiger partial charge in [-0.25, -0.2) is 8.42 Å². The number of benzene rings is 1. The van der Waals surface area contributed by atoms with Crippen LogP contribution in [0.4, 0.5) is 5.69 Å². The minimum Gasteiger partial charge on any atom is -0.326 e. The number of anilines is 1. The number of sulfone groups is 1. The molecule has 1 amide bonds. The molecule has 5 heteroatoms. The van der Waals surface area contributed by atoms with Crippen LogP contribution in [0.1, 0.15) is 45.4 Å². The smallest absolute Gasteiger partial charge is 0.224 e. The predicted octanol–water partition coefficient (Wildman–Crippen LogP) is 3.39. The summed E-state index contributed by atoms with van der Waals surface area (Å²) >= 11 is 0. The second-order valence-corrected chi connectivity index (χ2v) is 7.94. The molecule has 1 aromatic carbocycles. The first kappa shape index (κ1) is 16.0. The molecule has 1 aromatic rings. The summed E-state index contributed by atoms with van der Waals surface area (Å²) in [6.45, 7) is 1.62. The van der Waals surface area contributed by atoms with Crippen molar-refractivity contribution in [1.82, 2.24) is 0 Å². The summed E-state index contributed by atoms with van der Waals surface area (Å²) in [6.07, 6.45) is 6.57. The Morgan fingerprint density at radius 1 is 1.19 bits per heavy atom. The Hall–Kier alpha value is -1.36. The zero-order valence-corrected chi connectivity index (χ0v) is 13.3. The summed E-state index contributed by atoms with van der Waals surface area (Å²) in [5, 5.41) is 2.83. The van der Waals surface area contributed by atoms with Crippen molar-refractivity contribution in [1.29, 1.82) is 0 Å². The average molecular weight is 309 g/mol. The lowest BCUT2D eigenvalue weighted by molar-refractivity contribution is -0.116. The Bertz CT molecular complexity index is 572. The van der Waals surface area contributed by atoms with Crippen molar-refractivity contribution in [2.45, 2.75) is 50.3 Å². The molecule has 1 N–H and O–H groups in total. The molecule has 116 valence electrons. The topological polar surface area (TPSA) is 63.2 Å². The van der Waals surface area contributed by atoms with Gasteiger partial charge in [0.1, 0.15) is 0 Å². The van der Waals surface area contributed by atoms with Crippen LogP contribution in [0.5, 0.6) is 0 Å². The van der Waals surface area contributed by atoms with Gasteiger partial charge >= 0.3 is 0 Å². The highest BCUT2D eigenvalue weighted by Gasteiger charge is 2.16. The van der Waals surface area contributed by atoms with Crippen molar-refractivity contribution in [3.8, 4) is 0 Å². The van der Waals surface area contributed by atoms with E-state index in [1.807, 2.05) is 0 Å². The summed E-state index contributed by atoms with van der Waals surface area (Å²) in [4.78, 5) is 12.2. The molecule has 0 heterocycles. The summed E-state index contributed by atoms with van der Waals surface area (Å²) in [5.74, 6) is 0.793. The second kappa shape index (κ2) is 7.07. The van der Waals surface area contributed by atoms with E-state index in [0.29, 0.717) is 22.9 Å². The lowest BCUT2D eigenvalue weighted by Gasteiger charge is -2.09. The fraction of sp³-hybridized carbons (Fsp3) is 0.562. The number of amides is 1. The van der Waals surface area contributed by atoms with E-state index in [2.05, 4.69) is 5.32 Å². The molecule has 1 aliphatic carbocycles. The molecule has 1 fully saturated rings. The Kier molecular flexibility index (Phi) is 5.39. The number of carbonyl (C=O) groups is 1. The van der Waals surface area contributed by atoms with Crippen molar-refractivity contribution in [3.05, 3.63) is 24.3 Å². The Morgan fingerprint density at radius 2 is 1.81 bits per heavy atom. The molecule has 21 heavy (non-hydrogen) atoms. The largest absolute Gasteiger partial charge is 0.326 e. The van der Waals surface area contributed by atoms with Crippen molar-refractivity contribution in [3.63, 3.8) is 0 Å². The molecule has 0 radical (unpaired) electrons. The van der Waals surface area contributed by atoms with Crippen LogP contribution in [0.2, 0.25) is 0 Å². The van der Waals surface area contributed by atoms with E-state index in [9.17, 15) is 13.2 Å². The molecule has 0 unspecified atom stereocenters. The third-order valence-corrected chi connectivity index (χ3v) is 5.88. The maximum atomic E-state index is 11.9. The Morgan fingerprint density at radius 3 is 2.38 bits per heavy atom. The fourth-order valence-electron chi connectivity index (χ4n) is 2.77. The lowest BCUT2D eigenvalue weighted by Crippen LogP contribution is -2.13. The van der Waals surface area contributed by atoms with Crippen LogP contribution in [0.3, 0.4) is 0 Å². The molecule has 4 nitrogen and oxygen atoms in total. The van der Waals surface area contributed by atoms with Gasteiger partial charge in [-0.3, -0.25) is 4.79 Å². The van der Waals surface area contributed by atoms with Gasteiger partial charge in [0.05, 0.1) is 10.6 Å². The lowest BCUT2D eigenvalue weighted by atomic mass is 10.0. The number of hydrogen-bond donors (Lipinski definition) is 1. The van der Waals surface area contributed by atoms with Crippen LogP contribution in [-0.4, -0.2) is 20.1 Å². The molecular weight excluding hydrogens is 286 g/mol. The number of carbonyl (C=O) groups excluding carboxylic acids is 1. The van der Waals surface area contributed by atoms with E-state index in [1.165, 1.54) is 25.7 Å². The molecule has 0 spiro atoms. The van der Waals surface area contributed by atoms with Gasteiger partial charge in [-0.05, 0) is 36.6 Å². The molecule has 0 bridgehead atoms. The molecule has 1 aliphatic rings. The van der Waals surface area contributed by atoms with Crippen LogP contribution in [0.15, 0.2) is 29.2 Å². The maximum Gasteiger partial charge on any atom is 0.224 e. The summed E-state index contributed by atoms with van der Waals surface area (Å²) in [7, 11) is -3.18. The number of nitrogens with one attached hydrogen (secondary N) is 1. The predicted molar refractivity (Wildman–Crippen MR) is 84.0 cm³/mol. The van der Waals surface area contributed by atoms with Crippen LogP contribution in [0.25, 0.3) is 0 Å². The van der Waals surface area contributed by atoms with E-state index in [4.69, 9.17) is 0 Å². The van der Waals surface area contributed by atoms with E-state index in [0.717, 1.165) is 6.42 Å². The quantitative estimate of drug-likeness (QED) is 0.876. The first-order valence-electron chi connectivity index (χ1n) is 7.64. The summed E-state index contributed by atoms with van der Waals surface area (Å²) < 4.78 is 23.4. The molecule has 0 atom stereocenters. The first-order valence-corrected chi connectivity index (χ1v) is 9.29. The Balaban J connectivity index is 1.86. The highest BCUT2D eigenvalue weighted by Crippen LogP contribution is 2.28. The molecule has 0 saturated heterocycles. The van der Waals surface area contributed by atoms with Crippen molar-refractivity contribution < 1.29 is 13.2 Å². The van der Waals surface area contributed by atoms with Gasteiger partial charge in [0, 0.05) is 12.1 Å². The monoisotopic (exact) mass is 309 g/mol. The molecule has 0 aliphatic heterocycles. The summed E-state index contributed by atoms with van der Waals surface area (Å²) in [5.41, 5.74) is 0.654. The average Bonchev–Trinajstić information content (AvgIpc) is 2.99. The molecular formula is C16H23NO3S. The van der Waals surface area contributed by atoms with Crippen molar-refractivity contribution in [2.24, 2.45) is 5.92 Å². The third-order valence-electron chi connectivity index (χ3n) is 4.13. The van der Waals surface area contributed by atoms with E-state index < -0.39 is 9.84 Å². The van der Waals surface area contributed by atoms with Gasteiger partial charge in [0.15, 0.2) is 9.84 Å². The minimum absolute atomic E-state index is 0.00741. The normalized spacial score (nSPS) is 16.0. The van der Waals surface area contributed by atoms with Gasteiger partial charge in [0.2, 0.25) is 5.91 Å². The Labute approximate surface area is 126 Å². The third kappa shape index (κ3) is 4.56. The summed E-state index contributed by atoms with van der Waals surface area (Å²) in [6, 6.07) is 6.39. The standard InChI is InChI=1S/C16H23NO3S/c1-2-21(19,20)15-10-8-14(9-11-15)17-16(18)12-7-13-5-3-4-6-13/h8-11,13H,2-7,12H2,1H3,(H,17,18). The zero-order chi connectivity index (χ0) is 15.3.